The first-order chi connectivity index (χ1) is 17.1. The number of nitrogens with zero attached hydrogens (tertiary/aromatic N) is 2. The fraction of sp³-hybridized carbons (Fsp3) is 0.0938. The Bertz CT molecular complexity index is 1950. The van der Waals surface area contributed by atoms with Crippen LogP contribution in [0.5, 0.6) is 0 Å². The van der Waals surface area contributed by atoms with Gasteiger partial charge < -0.3 is 4.42 Å². The minimum absolute atomic E-state index is 0.0797. The van der Waals surface area contributed by atoms with Gasteiger partial charge in [-0.1, -0.05) is 74.5 Å². The van der Waals surface area contributed by atoms with Crippen LogP contribution >= 0.6 is 0 Å². The Morgan fingerprint density at radius 2 is 1.46 bits per heavy atom. The first-order valence-electron chi connectivity index (χ1n) is 12.1. The highest BCUT2D eigenvalue weighted by atomic mass is 16.4. The van der Waals surface area contributed by atoms with Gasteiger partial charge in [-0.2, -0.15) is 4.98 Å². The molecule has 0 atom stereocenters. The number of fused-ring (bicyclic) bond motifs is 9. The Hall–Kier alpha value is -4.37. The van der Waals surface area contributed by atoms with Gasteiger partial charge in [0, 0.05) is 16.2 Å². The summed E-state index contributed by atoms with van der Waals surface area (Å²) in [6.07, 6.45) is 0. The predicted molar refractivity (Wildman–Crippen MR) is 143 cm³/mol. The number of para-hydroxylation sites is 3. The van der Waals surface area contributed by atoms with Crippen molar-refractivity contribution in [3.63, 3.8) is 0 Å². The maximum absolute atomic E-state index is 6.27. The van der Waals surface area contributed by atoms with Crippen LogP contribution in [0.2, 0.25) is 0 Å². The lowest BCUT2D eigenvalue weighted by molar-refractivity contribution is 0.574. The van der Waals surface area contributed by atoms with E-state index in [4.69, 9.17) is 9.40 Å². The Morgan fingerprint density at radius 1 is 0.714 bits per heavy atom. The minimum Gasteiger partial charge on any atom is -0.423 e. The van der Waals surface area contributed by atoms with E-state index in [2.05, 4.69) is 91.2 Å². The van der Waals surface area contributed by atoms with Crippen LogP contribution < -0.4 is 0 Å². The second-order valence-electron chi connectivity index (χ2n) is 10.1. The molecule has 2 heterocycles. The van der Waals surface area contributed by atoms with Gasteiger partial charge in [0.05, 0.1) is 11.0 Å². The van der Waals surface area contributed by atoms with Gasteiger partial charge in [-0.05, 0) is 69.4 Å². The molecular formula is C32H22N2O. The van der Waals surface area contributed by atoms with Gasteiger partial charge in [0.2, 0.25) is 0 Å². The molecule has 166 valence electrons. The molecule has 0 unspecified atom stereocenters. The van der Waals surface area contributed by atoms with E-state index in [-0.39, 0.29) is 5.41 Å². The molecule has 8 rings (SSSR count). The van der Waals surface area contributed by atoms with Gasteiger partial charge in [-0.3, -0.25) is 4.57 Å². The molecule has 3 heteroatoms. The largest absolute Gasteiger partial charge is 0.423 e. The molecular weight excluding hydrogens is 428 g/mol. The van der Waals surface area contributed by atoms with Crippen molar-refractivity contribution in [1.82, 2.24) is 9.55 Å². The highest BCUT2D eigenvalue weighted by Gasteiger charge is 2.38. The molecule has 0 fully saturated rings. The number of hydrogen-bond donors (Lipinski definition) is 0. The molecule has 0 saturated heterocycles. The van der Waals surface area contributed by atoms with Crippen LogP contribution in [-0.4, -0.2) is 9.55 Å². The lowest BCUT2D eigenvalue weighted by Gasteiger charge is -2.21. The maximum Gasteiger partial charge on any atom is 0.307 e. The van der Waals surface area contributed by atoms with Crippen molar-refractivity contribution >= 4 is 43.7 Å². The highest BCUT2D eigenvalue weighted by molar-refractivity contribution is 6.18. The summed E-state index contributed by atoms with van der Waals surface area (Å²) in [5.41, 5.74) is 9.23. The molecule has 0 N–H and O–H groups in total. The van der Waals surface area contributed by atoms with Crippen LogP contribution in [0.4, 0.5) is 0 Å². The number of benzene rings is 5. The zero-order valence-corrected chi connectivity index (χ0v) is 19.5. The van der Waals surface area contributed by atoms with Crippen LogP contribution in [0.15, 0.2) is 101 Å². The molecule has 1 aliphatic carbocycles. The van der Waals surface area contributed by atoms with Gasteiger partial charge in [-0.25, -0.2) is 0 Å². The summed E-state index contributed by atoms with van der Waals surface area (Å²) in [5, 5.41) is 5.05. The van der Waals surface area contributed by atoms with E-state index in [0.29, 0.717) is 6.01 Å². The molecule has 0 aliphatic heterocycles. The van der Waals surface area contributed by atoms with Crippen LogP contribution in [0.25, 0.3) is 60.8 Å². The van der Waals surface area contributed by atoms with E-state index in [9.17, 15) is 0 Å². The fourth-order valence-electron chi connectivity index (χ4n) is 6.13. The summed E-state index contributed by atoms with van der Waals surface area (Å²) < 4.78 is 8.45. The lowest BCUT2D eigenvalue weighted by Crippen LogP contribution is -2.14. The standard InChI is InChI=1S/C32H22N2O/c1-32(2)23-15-16-27-30(29(23)22-17-19-9-3-4-10-20(19)18-24(22)32)21-11-5-7-13-26(21)34(27)31-33-25-12-6-8-14-28(25)35-31/h3-18H,1-2H3. The molecule has 0 spiro atoms. The molecule has 0 radical (unpaired) electrons. The summed E-state index contributed by atoms with van der Waals surface area (Å²) in [6.45, 7) is 4.69. The summed E-state index contributed by atoms with van der Waals surface area (Å²) in [5.74, 6) is 0. The van der Waals surface area contributed by atoms with Crippen LogP contribution in [0.3, 0.4) is 0 Å². The van der Waals surface area contributed by atoms with Gasteiger partial charge in [0.1, 0.15) is 5.52 Å². The zero-order valence-electron chi connectivity index (χ0n) is 19.5. The van der Waals surface area contributed by atoms with Crippen LogP contribution in [0.1, 0.15) is 25.0 Å². The zero-order chi connectivity index (χ0) is 23.3. The Kier molecular flexibility index (Phi) is 3.47. The van der Waals surface area contributed by atoms with Crippen molar-refractivity contribution in [3.05, 3.63) is 108 Å². The molecule has 2 aromatic heterocycles. The van der Waals surface area contributed by atoms with E-state index >= 15 is 0 Å². The topological polar surface area (TPSA) is 31.0 Å². The maximum atomic E-state index is 6.27. The summed E-state index contributed by atoms with van der Waals surface area (Å²) in [6, 6.07) is 35.1. The van der Waals surface area contributed by atoms with Gasteiger partial charge in [0.15, 0.2) is 5.58 Å². The number of rotatable bonds is 1. The Morgan fingerprint density at radius 3 is 2.31 bits per heavy atom. The Balaban J connectivity index is 1.54. The first-order valence-corrected chi connectivity index (χ1v) is 12.1. The monoisotopic (exact) mass is 450 g/mol. The van der Waals surface area contributed by atoms with Crippen LogP contribution in [0, 0.1) is 0 Å². The number of hydrogen-bond acceptors (Lipinski definition) is 2. The van der Waals surface area contributed by atoms with E-state index in [1.807, 2.05) is 24.3 Å². The number of aromatic nitrogens is 2. The molecule has 3 nitrogen and oxygen atoms in total. The average Bonchev–Trinajstić information content (AvgIpc) is 3.51. The molecule has 5 aromatic carbocycles. The summed E-state index contributed by atoms with van der Waals surface area (Å²) in [4.78, 5) is 4.86. The molecule has 0 saturated carbocycles. The summed E-state index contributed by atoms with van der Waals surface area (Å²) in [7, 11) is 0. The SMILES string of the molecule is CC1(C)c2cc3ccccc3cc2-c2c1ccc1c2c2ccccc2n1-c1nc2ccccc2o1. The van der Waals surface area contributed by atoms with E-state index in [0.717, 1.165) is 22.1 Å². The van der Waals surface area contributed by atoms with Crippen molar-refractivity contribution in [1.29, 1.82) is 0 Å². The molecule has 35 heavy (non-hydrogen) atoms. The third kappa shape index (κ3) is 2.37. The lowest BCUT2D eigenvalue weighted by atomic mass is 9.81. The predicted octanol–water partition coefficient (Wildman–Crippen LogP) is 8.38. The van der Waals surface area contributed by atoms with Crippen molar-refractivity contribution in [3.8, 4) is 17.1 Å². The highest BCUT2D eigenvalue weighted by Crippen LogP contribution is 2.54. The van der Waals surface area contributed by atoms with E-state index < -0.39 is 0 Å². The average molecular weight is 451 g/mol. The van der Waals surface area contributed by atoms with Gasteiger partial charge in [0.25, 0.3) is 0 Å². The Labute approximate surface area is 202 Å². The van der Waals surface area contributed by atoms with Crippen molar-refractivity contribution in [2.24, 2.45) is 0 Å². The number of oxazole rings is 1. The smallest absolute Gasteiger partial charge is 0.307 e. The van der Waals surface area contributed by atoms with Crippen LogP contribution in [-0.2, 0) is 5.41 Å². The molecule has 0 bridgehead atoms. The fourth-order valence-corrected chi connectivity index (χ4v) is 6.13. The third-order valence-electron chi connectivity index (χ3n) is 7.81. The molecule has 7 aromatic rings. The first kappa shape index (κ1) is 19.0. The summed E-state index contributed by atoms with van der Waals surface area (Å²) >= 11 is 0. The third-order valence-corrected chi connectivity index (χ3v) is 7.81. The van der Waals surface area contributed by atoms with E-state index in [1.165, 1.54) is 43.8 Å². The van der Waals surface area contributed by atoms with Crippen molar-refractivity contribution < 1.29 is 4.42 Å². The molecule has 1 aliphatic rings. The quantitative estimate of drug-likeness (QED) is 0.251. The van der Waals surface area contributed by atoms with Gasteiger partial charge >= 0.3 is 6.01 Å². The van der Waals surface area contributed by atoms with Crippen molar-refractivity contribution in [2.75, 3.05) is 0 Å². The van der Waals surface area contributed by atoms with Crippen molar-refractivity contribution in [2.45, 2.75) is 19.3 Å². The second kappa shape index (κ2) is 6.39. The molecule has 0 amide bonds. The second-order valence-corrected chi connectivity index (χ2v) is 10.1. The normalized spacial score (nSPS) is 14.2. The minimum atomic E-state index is -0.0797. The van der Waals surface area contributed by atoms with E-state index in [1.54, 1.807) is 0 Å². The van der Waals surface area contributed by atoms with Gasteiger partial charge in [-0.15, -0.1) is 0 Å².